The first-order valence-electron chi connectivity index (χ1n) is 12.2. The zero-order valence-electron chi connectivity index (χ0n) is 20.8. The molecule has 0 saturated carbocycles. The summed E-state index contributed by atoms with van der Waals surface area (Å²) in [5, 5.41) is 13.0. The van der Waals surface area contributed by atoms with Gasteiger partial charge in [-0.3, -0.25) is 0 Å². The van der Waals surface area contributed by atoms with Crippen LogP contribution in [-0.2, 0) is 9.53 Å². The fourth-order valence-electron chi connectivity index (χ4n) is 4.60. The molecule has 0 saturated heterocycles. The van der Waals surface area contributed by atoms with Gasteiger partial charge in [-0.1, -0.05) is 48.0 Å². The van der Waals surface area contributed by atoms with E-state index in [0.29, 0.717) is 16.5 Å². The molecule has 9 heteroatoms. The molecule has 0 spiro atoms. The minimum Gasteiger partial charge on any atom is -0.460 e. The maximum atomic E-state index is 12.9. The second kappa shape index (κ2) is 9.72. The van der Waals surface area contributed by atoms with Gasteiger partial charge in [-0.05, 0) is 55.5 Å². The predicted molar refractivity (Wildman–Crippen MR) is 147 cm³/mol. The summed E-state index contributed by atoms with van der Waals surface area (Å²) >= 11 is 6.17. The minimum atomic E-state index is -0.517. The van der Waals surface area contributed by atoms with Crippen LogP contribution in [0.5, 0.6) is 0 Å². The summed E-state index contributed by atoms with van der Waals surface area (Å²) in [6.45, 7) is 2.01. The number of halogens is 1. The van der Waals surface area contributed by atoms with Crippen molar-refractivity contribution in [2.75, 3.05) is 18.7 Å². The molecule has 1 atom stereocenters. The topological polar surface area (TPSA) is 76.1 Å². The van der Waals surface area contributed by atoms with Gasteiger partial charge in [0.05, 0.1) is 18.0 Å². The van der Waals surface area contributed by atoms with Crippen molar-refractivity contribution >= 4 is 40.1 Å². The Balaban J connectivity index is 1.54. The number of hydrazone groups is 1. The third kappa shape index (κ3) is 4.18. The van der Waals surface area contributed by atoms with Crippen molar-refractivity contribution in [3.05, 3.63) is 102 Å². The number of hydrogen-bond acceptors (Lipinski definition) is 7. The van der Waals surface area contributed by atoms with Crippen molar-refractivity contribution in [1.82, 2.24) is 14.7 Å². The Kier molecular flexibility index (Phi) is 6.09. The third-order valence-corrected chi connectivity index (χ3v) is 6.64. The molecule has 3 aromatic carbocycles. The van der Waals surface area contributed by atoms with E-state index in [1.165, 1.54) is 0 Å². The van der Waals surface area contributed by atoms with Crippen molar-refractivity contribution in [2.24, 2.45) is 5.10 Å². The SMILES string of the molecule is CCOC(=O)C1=NN(c2ccc(Cl)cc2)C(c2cn(-c3ccccc3)nc2-c2cc3ccccc3o2)N1C. The molecule has 2 aromatic heterocycles. The number of fused-ring (bicyclic) bond motifs is 1. The van der Waals surface area contributed by atoms with Crippen LogP contribution in [0.2, 0.25) is 5.02 Å². The molecule has 0 fully saturated rings. The van der Waals surface area contributed by atoms with E-state index >= 15 is 0 Å². The van der Waals surface area contributed by atoms with E-state index in [2.05, 4.69) is 0 Å². The lowest BCUT2D eigenvalue weighted by atomic mass is 10.1. The number of amidine groups is 1. The lowest BCUT2D eigenvalue weighted by Gasteiger charge is -2.28. The number of rotatable bonds is 6. The van der Waals surface area contributed by atoms with E-state index in [-0.39, 0.29) is 12.4 Å². The second-order valence-electron chi connectivity index (χ2n) is 8.81. The molecule has 0 aliphatic carbocycles. The van der Waals surface area contributed by atoms with Crippen LogP contribution in [0, 0.1) is 0 Å². The van der Waals surface area contributed by atoms with Gasteiger partial charge in [-0.15, -0.1) is 5.10 Å². The standard InChI is InChI=1S/C29H24ClN5O3/c1-3-37-29(36)27-32-35(22-15-13-20(30)14-16-22)28(33(27)2)23-18-34(21-10-5-4-6-11-21)31-26(23)25-17-19-9-7-8-12-24(19)38-25/h4-18,28H,3H2,1-2H3. The number of nitrogens with zero attached hydrogens (tertiary/aromatic N) is 5. The van der Waals surface area contributed by atoms with E-state index in [0.717, 1.165) is 27.9 Å². The molecule has 1 unspecified atom stereocenters. The Morgan fingerprint density at radius 1 is 1.00 bits per heavy atom. The maximum absolute atomic E-state index is 12.9. The normalized spacial score (nSPS) is 15.2. The quantitative estimate of drug-likeness (QED) is 0.243. The summed E-state index contributed by atoms with van der Waals surface area (Å²) in [4.78, 5) is 14.7. The van der Waals surface area contributed by atoms with Crippen molar-refractivity contribution in [3.63, 3.8) is 0 Å². The molecule has 5 aromatic rings. The second-order valence-corrected chi connectivity index (χ2v) is 9.25. The summed E-state index contributed by atoms with van der Waals surface area (Å²) in [5.41, 5.74) is 3.85. The van der Waals surface area contributed by atoms with Gasteiger partial charge in [0, 0.05) is 29.2 Å². The first kappa shape index (κ1) is 23.8. The van der Waals surface area contributed by atoms with E-state index < -0.39 is 12.1 Å². The number of carbonyl (C=O) groups excluding carboxylic acids is 1. The fraction of sp³-hybridized carbons (Fsp3) is 0.138. The number of esters is 1. The number of ether oxygens (including phenoxy) is 1. The third-order valence-electron chi connectivity index (χ3n) is 6.38. The molecule has 0 bridgehead atoms. The van der Waals surface area contributed by atoms with Gasteiger partial charge in [0.15, 0.2) is 11.9 Å². The first-order chi connectivity index (χ1) is 18.5. The minimum absolute atomic E-state index is 0.190. The van der Waals surface area contributed by atoms with Crippen LogP contribution in [0.15, 0.2) is 101 Å². The molecule has 3 heterocycles. The zero-order valence-corrected chi connectivity index (χ0v) is 21.5. The number of anilines is 1. The highest BCUT2D eigenvalue weighted by Gasteiger charge is 2.40. The van der Waals surface area contributed by atoms with Gasteiger partial charge in [0.25, 0.3) is 0 Å². The smallest absolute Gasteiger partial charge is 0.376 e. The molecule has 38 heavy (non-hydrogen) atoms. The maximum Gasteiger partial charge on any atom is 0.376 e. The lowest BCUT2D eigenvalue weighted by Crippen LogP contribution is -2.36. The van der Waals surface area contributed by atoms with Gasteiger partial charge in [0.2, 0.25) is 5.84 Å². The van der Waals surface area contributed by atoms with E-state index in [9.17, 15) is 4.79 Å². The number of likely N-dealkylation sites (N-methyl/N-ethyl adjacent to an activating group) is 1. The number of para-hydroxylation sites is 2. The van der Waals surface area contributed by atoms with Crippen LogP contribution >= 0.6 is 11.6 Å². The van der Waals surface area contributed by atoms with Crippen LogP contribution in [-0.4, -0.2) is 40.1 Å². The molecule has 0 amide bonds. The fourth-order valence-corrected chi connectivity index (χ4v) is 4.73. The predicted octanol–water partition coefficient (Wildman–Crippen LogP) is 6.27. The number of hydrogen-bond donors (Lipinski definition) is 0. The zero-order chi connectivity index (χ0) is 26.2. The summed E-state index contributed by atoms with van der Waals surface area (Å²) in [6.07, 6.45) is 1.43. The van der Waals surface area contributed by atoms with Crippen molar-refractivity contribution in [3.8, 4) is 17.1 Å². The Morgan fingerprint density at radius 3 is 2.47 bits per heavy atom. The molecule has 1 aliphatic heterocycles. The summed E-state index contributed by atoms with van der Waals surface area (Å²) in [5.74, 6) is 0.303. The van der Waals surface area contributed by atoms with E-state index in [1.54, 1.807) is 29.0 Å². The summed E-state index contributed by atoms with van der Waals surface area (Å²) in [7, 11) is 1.82. The van der Waals surface area contributed by atoms with Gasteiger partial charge < -0.3 is 14.1 Å². The van der Waals surface area contributed by atoms with Crippen LogP contribution < -0.4 is 5.01 Å². The van der Waals surface area contributed by atoms with Gasteiger partial charge >= 0.3 is 5.97 Å². The average molecular weight is 526 g/mol. The average Bonchev–Trinajstić information content (AvgIpc) is 3.64. The molecule has 6 rings (SSSR count). The Hall–Kier alpha value is -4.56. The lowest BCUT2D eigenvalue weighted by molar-refractivity contribution is -0.135. The Morgan fingerprint density at radius 2 is 1.74 bits per heavy atom. The molecule has 1 aliphatic rings. The number of aromatic nitrogens is 2. The van der Waals surface area contributed by atoms with Gasteiger partial charge in [-0.25, -0.2) is 14.5 Å². The highest BCUT2D eigenvalue weighted by Crippen LogP contribution is 2.40. The van der Waals surface area contributed by atoms with Crippen LogP contribution in [0.1, 0.15) is 18.7 Å². The largest absolute Gasteiger partial charge is 0.460 e. The van der Waals surface area contributed by atoms with E-state index in [1.807, 2.05) is 90.7 Å². The van der Waals surface area contributed by atoms with Crippen molar-refractivity contribution in [1.29, 1.82) is 0 Å². The highest BCUT2D eigenvalue weighted by molar-refractivity contribution is 6.36. The molecular weight excluding hydrogens is 502 g/mol. The van der Waals surface area contributed by atoms with Crippen LogP contribution in [0.4, 0.5) is 5.69 Å². The number of carbonyl (C=O) groups is 1. The highest BCUT2D eigenvalue weighted by atomic mass is 35.5. The van der Waals surface area contributed by atoms with Crippen molar-refractivity contribution < 1.29 is 13.9 Å². The summed E-state index contributed by atoms with van der Waals surface area (Å²) < 4.78 is 13.4. The Bertz CT molecular complexity index is 1610. The molecule has 190 valence electrons. The number of furan rings is 1. The monoisotopic (exact) mass is 525 g/mol. The molecule has 8 nitrogen and oxygen atoms in total. The Labute approximate surface area is 224 Å². The van der Waals surface area contributed by atoms with Gasteiger partial charge in [0.1, 0.15) is 11.3 Å². The van der Waals surface area contributed by atoms with Gasteiger partial charge in [-0.2, -0.15) is 5.10 Å². The van der Waals surface area contributed by atoms with Crippen LogP contribution in [0.3, 0.4) is 0 Å². The van der Waals surface area contributed by atoms with Crippen LogP contribution in [0.25, 0.3) is 28.1 Å². The van der Waals surface area contributed by atoms with E-state index in [4.69, 9.17) is 31.0 Å². The molecule has 0 radical (unpaired) electrons. The van der Waals surface area contributed by atoms with Crippen molar-refractivity contribution in [2.45, 2.75) is 13.1 Å². The first-order valence-corrected chi connectivity index (χ1v) is 12.6. The summed E-state index contributed by atoms with van der Waals surface area (Å²) in [6, 6.07) is 27.0. The molecule has 0 N–H and O–H groups in total. The molecular formula is C29H24ClN5O3. The number of benzene rings is 3.